The molecule has 1 aliphatic heterocycles. The Morgan fingerprint density at radius 3 is 2.86 bits per heavy atom. The fourth-order valence-corrected chi connectivity index (χ4v) is 2.85. The summed E-state index contributed by atoms with van der Waals surface area (Å²) in [5, 5.41) is 7.20. The summed E-state index contributed by atoms with van der Waals surface area (Å²) in [5.41, 5.74) is 1.46. The van der Waals surface area contributed by atoms with Crippen molar-refractivity contribution in [3.05, 3.63) is 36.2 Å². The van der Waals surface area contributed by atoms with Gasteiger partial charge in [-0.2, -0.15) is 5.10 Å². The zero-order chi connectivity index (χ0) is 15.7. The van der Waals surface area contributed by atoms with Crippen molar-refractivity contribution in [3.8, 4) is 0 Å². The molecule has 0 bridgehead atoms. The van der Waals surface area contributed by atoms with E-state index in [1.807, 2.05) is 23.5 Å². The van der Waals surface area contributed by atoms with E-state index in [1.165, 1.54) is 0 Å². The number of hydrogen-bond acceptors (Lipinski definition) is 3. The molecular weight excluding hydrogens is 278 g/mol. The Morgan fingerprint density at radius 1 is 1.41 bits per heavy atom. The minimum absolute atomic E-state index is 0.0107. The highest BCUT2D eigenvalue weighted by atomic mass is 16.2. The summed E-state index contributed by atoms with van der Waals surface area (Å²) in [4.78, 5) is 18.7. The van der Waals surface area contributed by atoms with Crippen molar-refractivity contribution in [1.82, 2.24) is 24.6 Å². The minimum Gasteiger partial charge on any atom is -0.335 e. The molecule has 118 valence electrons. The second-order valence-corrected chi connectivity index (χ2v) is 6.97. The Balaban J connectivity index is 1.73. The van der Waals surface area contributed by atoms with Gasteiger partial charge in [0.15, 0.2) is 0 Å². The first kappa shape index (κ1) is 14.8. The number of imidazole rings is 1. The van der Waals surface area contributed by atoms with E-state index in [0.29, 0.717) is 18.3 Å². The average molecular weight is 301 g/mol. The number of carbonyl (C=O) groups excluding carboxylic acids is 1. The Kier molecular flexibility index (Phi) is 3.76. The number of H-pyrrole nitrogens is 1. The van der Waals surface area contributed by atoms with Gasteiger partial charge >= 0.3 is 0 Å². The fourth-order valence-electron chi connectivity index (χ4n) is 2.85. The van der Waals surface area contributed by atoms with Crippen molar-refractivity contribution in [3.63, 3.8) is 0 Å². The lowest BCUT2D eigenvalue weighted by Gasteiger charge is -2.32. The third kappa shape index (κ3) is 2.91. The molecule has 1 aliphatic rings. The number of nitrogens with zero attached hydrogens (tertiary/aromatic N) is 4. The first-order chi connectivity index (χ1) is 10.4. The molecule has 3 rings (SSSR count). The standard InChI is InChI=1S/C16H23N5O/c1-16(2,3)14-9-13(18-19-14)15(22)20-7-4-5-12(10-20)21-8-6-17-11-21/h6,8-9,11-12H,4-5,7,10H2,1-3H3,(H,18,19)/t12-/m0/s1. The second kappa shape index (κ2) is 5.59. The van der Waals surface area contributed by atoms with E-state index in [4.69, 9.17) is 0 Å². The van der Waals surface area contributed by atoms with Crippen LogP contribution in [0.4, 0.5) is 0 Å². The van der Waals surface area contributed by atoms with Crippen molar-refractivity contribution in [2.24, 2.45) is 0 Å². The molecule has 0 unspecified atom stereocenters. The van der Waals surface area contributed by atoms with Crippen LogP contribution in [0.2, 0.25) is 0 Å². The summed E-state index contributed by atoms with van der Waals surface area (Å²) in [6.07, 6.45) is 7.65. The number of aromatic amines is 1. The van der Waals surface area contributed by atoms with Crippen LogP contribution in [0.15, 0.2) is 24.8 Å². The fraction of sp³-hybridized carbons (Fsp3) is 0.562. The van der Waals surface area contributed by atoms with Gasteiger partial charge in [0.2, 0.25) is 0 Å². The summed E-state index contributed by atoms with van der Waals surface area (Å²) in [6, 6.07) is 2.18. The van der Waals surface area contributed by atoms with Gasteiger partial charge in [-0.1, -0.05) is 20.8 Å². The van der Waals surface area contributed by atoms with Crippen LogP contribution in [0.1, 0.15) is 55.8 Å². The predicted molar refractivity (Wildman–Crippen MR) is 83.7 cm³/mol. The molecule has 22 heavy (non-hydrogen) atoms. The first-order valence-electron chi connectivity index (χ1n) is 7.78. The van der Waals surface area contributed by atoms with E-state index in [-0.39, 0.29) is 11.3 Å². The lowest BCUT2D eigenvalue weighted by atomic mass is 9.92. The number of aromatic nitrogens is 4. The van der Waals surface area contributed by atoms with Crippen molar-refractivity contribution in [2.75, 3.05) is 13.1 Å². The normalized spacial score (nSPS) is 19.4. The molecule has 6 heteroatoms. The van der Waals surface area contributed by atoms with Gasteiger partial charge in [0.05, 0.1) is 12.4 Å². The van der Waals surface area contributed by atoms with E-state index in [1.54, 1.807) is 6.20 Å². The van der Waals surface area contributed by atoms with Crippen molar-refractivity contribution < 1.29 is 4.79 Å². The molecule has 1 atom stereocenters. The van der Waals surface area contributed by atoms with Gasteiger partial charge < -0.3 is 9.47 Å². The number of hydrogen-bond donors (Lipinski definition) is 1. The third-order valence-electron chi connectivity index (χ3n) is 4.24. The van der Waals surface area contributed by atoms with E-state index in [2.05, 4.69) is 40.5 Å². The monoisotopic (exact) mass is 301 g/mol. The molecule has 6 nitrogen and oxygen atoms in total. The van der Waals surface area contributed by atoms with Gasteiger partial charge in [0.25, 0.3) is 5.91 Å². The molecule has 2 aromatic rings. The van der Waals surface area contributed by atoms with Crippen LogP contribution in [0.5, 0.6) is 0 Å². The van der Waals surface area contributed by atoms with Gasteiger partial charge in [-0.05, 0) is 18.9 Å². The Labute approximate surface area is 130 Å². The Hall–Kier alpha value is -2.11. The third-order valence-corrected chi connectivity index (χ3v) is 4.24. The van der Waals surface area contributed by atoms with Crippen LogP contribution >= 0.6 is 0 Å². The summed E-state index contributed by atoms with van der Waals surface area (Å²) in [7, 11) is 0. The van der Waals surface area contributed by atoms with E-state index in [9.17, 15) is 4.79 Å². The molecule has 3 heterocycles. The maximum absolute atomic E-state index is 12.7. The quantitative estimate of drug-likeness (QED) is 0.926. The van der Waals surface area contributed by atoms with Gasteiger partial charge in [-0.25, -0.2) is 4.98 Å². The number of amides is 1. The zero-order valence-electron chi connectivity index (χ0n) is 13.4. The first-order valence-corrected chi connectivity index (χ1v) is 7.78. The molecule has 0 radical (unpaired) electrons. The van der Waals surface area contributed by atoms with Crippen LogP contribution in [-0.2, 0) is 5.41 Å². The van der Waals surface area contributed by atoms with Crippen molar-refractivity contribution in [2.45, 2.75) is 45.1 Å². The summed E-state index contributed by atoms with van der Waals surface area (Å²) >= 11 is 0. The van der Waals surface area contributed by atoms with Crippen LogP contribution in [-0.4, -0.2) is 43.6 Å². The number of carbonyl (C=O) groups is 1. The minimum atomic E-state index is -0.0349. The SMILES string of the molecule is CC(C)(C)c1cc(C(=O)N2CCC[C@H](n3ccnc3)C2)n[nH]1. The van der Waals surface area contributed by atoms with Gasteiger partial charge in [-0.3, -0.25) is 9.89 Å². The van der Waals surface area contributed by atoms with Gasteiger partial charge in [0, 0.05) is 36.6 Å². The van der Waals surface area contributed by atoms with Crippen LogP contribution < -0.4 is 0 Å². The molecule has 2 aromatic heterocycles. The Bertz CT molecular complexity index is 638. The smallest absolute Gasteiger partial charge is 0.274 e. The van der Waals surface area contributed by atoms with Crippen LogP contribution in [0.3, 0.4) is 0 Å². The molecule has 0 spiro atoms. The second-order valence-electron chi connectivity index (χ2n) is 6.97. The zero-order valence-corrected chi connectivity index (χ0v) is 13.4. The predicted octanol–water partition coefficient (Wildman–Crippen LogP) is 2.38. The summed E-state index contributed by atoms with van der Waals surface area (Å²) in [5.74, 6) is 0.0107. The van der Waals surface area contributed by atoms with Crippen molar-refractivity contribution in [1.29, 1.82) is 0 Å². The van der Waals surface area contributed by atoms with Gasteiger partial charge in [-0.15, -0.1) is 0 Å². The highest BCUT2D eigenvalue weighted by Crippen LogP contribution is 2.24. The van der Waals surface area contributed by atoms with Crippen LogP contribution in [0, 0.1) is 0 Å². The summed E-state index contributed by atoms with van der Waals surface area (Å²) in [6.45, 7) is 7.81. The Morgan fingerprint density at radius 2 is 2.23 bits per heavy atom. The highest BCUT2D eigenvalue weighted by Gasteiger charge is 2.27. The lowest BCUT2D eigenvalue weighted by molar-refractivity contribution is 0.0673. The molecule has 1 N–H and O–H groups in total. The van der Waals surface area contributed by atoms with Gasteiger partial charge in [0.1, 0.15) is 5.69 Å². The molecule has 0 aliphatic carbocycles. The average Bonchev–Trinajstić information content (AvgIpc) is 3.17. The number of rotatable bonds is 2. The van der Waals surface area contributed by atoms with Crippen molar-refractivity contribution >= 4 is 5.91 Å². The largest absolute Gasteiger partial charge is 0.335 e. The summed E-state index contributed by atoms with van der Waals surface area (Å²) < 4.78 is 2.09. The topological polar surface area (TPSA) is 66.8 Å². The van der Waals surface area contributed by atoms with Crippen LogP contribution in [0.25, 0.3) is 0 Å². The molecule has 0 aromatic carbocycles. The number of likely N-dealkylation sites (tertiary alicyclic amines) is 1. The molecular formula is C16H23N5O. The van der Waals surface area contributed by atoms with E-state index >= 15 is 0 Å². The van der Waals surface area contributed by atoms with E-state index < -0.39 is 0 Å². The molecule has 1 amide bonds. The molecule has 1 fully saturated rings. The molecule has 1 saturated heterocycles. The number of nitrogens with one attached hydrogen (secondary N) is 1. The lowest BCUT2D eigenvalue weighted by Crippen LogP contribution is -2.40. The maximum Gasteiger partial charge on any atom is 0.274 e. The highest BCUT2D eigenvalue weighted by molar-refractivity contribution is 5.92. The molecule has 0 saturated carbocycles. The number of piperidine rings is 1. The maximum atomic E-state index is 12.7. The van der Waals surface area contributed by atoms with E-state index in [0.717, 1.165) is 25.1 Å².